The lowest BCUT2D eigenvalue weighted by Crippen LogP contribution is -2.07. The Kier molecular flexibility index (Phi) is 5.16. The van der Waals surface area contributed by atoms with Crippen molar-refractivity contribution in [1.29, 1.82) is 0 Å². The lowest BCUT2D eigenvalue weighted by Gasteiger charge is -2.06. The van der Waals surface area contributed by atoms with Crippen molar-refractivity contribution in [3.63, 3.8) is 0 Å². The molecule has 1 aromatic carbocycles. The van der Waals surface area contributed by atoms with Crippen LogP contribution < -0.4 is 0 Å². The third-order valence-electron chi connectivity index (χ3n) is 1.71. The molecular formula is C11H12BrClOS. The standard InChI is InChI=1S/C11H12BrClOS/c1-7(2)15-9-5-3-8(4-6-9)10(14)11(12)13/h3-7,11H,1-2H3. The van der Waals surface area contributed by atoms with Crippen LogP contribution in [0.1, 0.15) is 24.2 Å². The molecule has 1 aromatic rings. The maximum Gasteiger partial charge on any atom is 0.191 e. The van der Waals surface area contributed by atoms with Crippen LogP contribution in [0.15, 0.2) is 29.2 Å². The van der Waals surface area contributed by atoms with E-state index >= 15 is 0 Å². The number of hydrogen-bond acceptors (Lipinski definition) is 2. The first-order chi connectivity index (χ1) is 7.00. The molecule has 0 N–H and O–H groups in total. The smallest absolute Gasteiger partial charge is 0.191 e. The molecule has 0 saturated carbocycles. The Morgan fingerprint density at radius 1 is 1.33 bits per heavy atom. The van der Waals surface area contributed by atoms with Crippen LogP contribution in [-0.4, -0.2) is 15.3 Å². The van der Waals surface area contributed by atoms with Crippen LogP contribution >= 0.6 is 39.3 Å². The van der Waals surface area contributed by atoms with Crippen molar-refractivity contribution in [2.45, 2.75) is 28.3 Å². The van der Waals surface area contributed by atoms with Gasteiger partial charge in [0.1, 0.15) is 0 Å². The number of carbonyl (C=O) groups excluding carboxylic acids is 1. The number of ketones is 1. The Morgan fingerprint density at radius 2 is 1.87 bits per heavy atom. The molecule has 0 amide bonds. The van der Waals surface area contributed by atoms with Gasteiger partial charge in [-0.05, 0) is 12.1 Å². The number of halogens is 2. The topological polar surface area (TPSA) is 17.1 Å². The highest BCUT2D eigenvalue weighted by Gasteiger charge is 2.13. The summed E-state index contributed by atoms with van der Waals surface area (Å²) in [6.07, 6.45) is 0. The number of carbonyl (C=O) groups is 1. The Hall–Kier alpha value is 0.01000. The van der Waals surface area contributed by atoms with Crippen molar-refractivity contribution in [2.75, 3.05) is 0 Å². The molecule has 0 aliphatic heterocycles. The first-order valence-electron chi connectivity index (χ1n) is 4.60. The minimum atomic E-state index is -0.638. The zero-order valence-electron chi connectivity index (χ0n) is 8.54. The zero-order valence-corrected chi connectivity index (χ0v) is 11.7. The van der Waals surface area contributed by atoms with E-state index in [1.807, 2.05) is 24.3 Å². The molecule has 0 fully saturated rings. The van der Waals surface area contributed by atoms with Gasteiger partial charge in [-0.15, -0.1) is 23.4 Å². The number of thioether (sulfide) groups is 1. The predicted octanol–water partition coefficient (Wildman–Crippen LogP) is 4.33. The summed E-state index contributed by atoms with van der Waals surface area (Å²) in [7, 11) is 0. The van der Waals surface area contributed by atoms with Gasteiger partial charge in [-0.25, -0.2) is 0 Å². The van der Waals surface area contributed by atoms with Gasteiger partial charge in [-0.2, -0.15) is 0 Å². The minimum absolute atomic E-state index is 0.0993. The number of hydrogen-bond donors (Lipinski definition) is 0. The van der Waals surface area contributed by atoms with E-state index in [4.69, 9.17) is 11.6 Å². The SMILES string of the molecule is CC(C)Sc1ccc(C(=O)C(Cl)Br)cc1. The van der Waals surface area contributed by atoms with Gasteiger partial charge in [0.25, 0.3) is 0 Å². The van der Waals surface area contributed by atoms with Crippen molar-refractivity contribution in [3.8, 4) is 0 Å². The molecule has 1 unspecified atom stereocenters. The van der Waals surface area contributed by atoms with Gasteiger partial charge in [-0.3, -0.25) is 4.79 Å². The average molecular weight is 308 g/mol. The van der Waals surface area contributed by atoms with Gasteiger partial charge < -0.3 is 0 Å². The van der Waals surface area contributed by atoms with E-state index in [1.165, 1.54) is 4.90 Å². The van der Waals surface area contributed by atoms with E-state index in [-0.39, 0.29) is 5.78 Å². The lowest BCUT2D eigenvalue weighted by molar-refractivity contribution is 0.101. The van der Waals surface area contributed by atoms with Crippen molar-refractivity contribution >= 4 is 45.1 Å². The molecule has 0 radical (unpaired) electrons. The second kappa shape index (κ2) is 5.92. The fourth-order valence-corrected chi connectivity index (χ4v) is 2.32. The van der Waals surface area contributed by atoms with Crippen LogP contribution in [-0.2, 0) is 0 Å². The third kappa shape index (κ3) is 4.17. The minimum Gasteiger partial charge on any atom is -0.292 e. The molecule has 4 heteroatoms. The van der Waals surface area contributed by atoms with Gasteiger partial charge in [-0.1, -0.05) is 41.9 Å². The van der Waals surface area contributed by atoms with Gasteiger partial charge in [0.15, 0.2) is 10.1 Å². The molecule has 0 aliphatic rings. The van der Waals surface area contributed by atoms with Crippen molar-refractivity contribution in [1.82, 2.24) is 0 Å². The van der Waals surface area contributed by atoms with E-state index in [1.54, 1.807) is 11.8 Å². The molecule has 1 atom stereocenters. The normalized spacial score (nSPS) is 12.9. The van der Waals surface area contributed by atoms with E-state index < -0.39 is 4.29 Å². The summed E-state index contributed by atoms with van der Waals surface area (Å²) in [6, 6.07) is 7.52. The van der Waals surface area contributed by atoms with Gasteiger partial charge in [0.2, 0.25) is 0 Å². The summed E-state index contributed by atoms with van der Waals surface area (Å²) >= 11 is 10.5. The van der Waals surface area contributed by atoms with Crippen LogP contribution in [0.5, 0.6) is 0 Å². The third-order valence-corrected chi connectivity index (χ3v) is 3.34. The summed E-state index contributed by atoms with van der Waals surface area (Å²) in [5.74, 6) is -0.0993. The molecule has 0 aromatic heterocycles. The van der Waals surface area contributed by atoms with Crippen LogP contribution in [0.3, 0.4) is 0 Å². The van der Waals surface area contributed by atoms with E-state index in [9.17, 15) is 4.79 Å². The van der Waals surface area contributed by atoms with Crippen molar-refractivity contribution < 1.29 is 4.79 Å². The fourth-order valence-electron chi connectivity index (χ4n) is 1.10. The highest BCUT2D eigenvalue weighted by Crippen LogP contribution is 2.24. The van der Waals surface area contributed by atoms with Gasteiger partial charge in [0.05, 0.1) is 0 Å². The Labute approximate surface area is 108 Å². The van der Waals surface area contributed by atoms with Crippen molar-refractivity contribution in [2.24, 2.45) is 0 Å². The average Bonchev–Trinajstić information content (AvgIpc) is 2.17. The molecule has 15 heavy (non-hydrogen) atoms. The number of rotatable bonds is 4. The molecule has 82 valence electrons. The van der Waals surface area contributed by atoms with Gasteiger partial charge in [0, 0.05) is 15.7 Å². The second-order valence-corrected chi connectivity index (χ2v) is 6.89. The summed E-state index contributed by atoms with van der Waals surface area (Å²) in [6.45, 7) is 4.27. The first-order valence-corrected chi connectivity index (χ1v) is 6.83. The highest BCUT2D eigenvalue weighted by atomic mass is 79.9. The summed E-state index contributed by atoms with van der Waals surface area (Å²) < 4.78 is -0.638. The first kappa shape index (κ1) is 13.1. The number of Topliss-reactive ketones (excluding diaryl/α,β-unsaturated/α-hetero) is 1. The summed E-state index contributed by atoms with van der Waals surface area (Å²) in [5.41, 5.74) is 0.639. The second-order valence-electron chi connectivity index (χ2n) is 3.36. The monoisotopic (exact) mass is 306 g/mol. The predicted molar refractivity (Wildman–Crippen MR) is 70.3 cm³/mol. The molecule has 0 aliphatic carbocycles. The van der Waals surface area contributed by atoms with Crippen LogP contribution in [0, 0.1) is 0 Å². The largest absolute Gasteiger partial charge is 0.292 e. The van der Waals surface area contributed by atoms with E-state index in [0.717, 1.165) is 0 Å². The Balaban J connectivity index is 2.76. The van der Waals surface area contributed by atoms with Crippen LogP contribution in [0.2, 0.25) is 0 Å². The van der Waals surface area contributed by atoms with Crippen molar-refractivity contribution in [3.05, 3.63) is 29.8 Å². The summed E-state index contributed by atoms with van der Waals surface area (Å²) in [4.78, 5) is 12.7. The molecule has 0 bridgehead atoms. The number of benzene rings is 1. The zero-order chi connectivity index (χ0) is 11.4. The van der Waals surface area contributed by atoms with E-state index in [0.29, 0.717) is 10.8 Å². The Morgan fingerprint density at radius 3 is 2.27 bits per heavy atom. The summed E-state index contributed by atoms with van der Waals surface area (Å²) in [5, 5.41) is 0.545. The molecule has 0 saturated heterocycles. The number of alkyl halides is 2. The van der Waals surface area contributed by atoms with E-state index in [2.05, 4.69) is 29.8 Å². The molecule has 1 rings (SSSR count). The quantitative estimate of drug-likeness (QED) is 0.468. The maximum atomic E-state index is 11.5. The molecule has 0 spiro atoms. The highest BCUT2D eigenvalue weighted by molar-refractivity contribution is 9.10. The van der Waals surface area contributed by atoms with Crippen LogP contribution in [0.25, 0.3) is 0 Å². The maximum absolute atomic E-state index is 11.5. The molecule has 1 nitrogen and oxygen atoms in total. The molecular weight excluding hydrogens is 296 g/mol. The Bertz CT molecular complexity index is 335. The fraction of sp³-hybridized carbons (Fsp3) is 0.364. The lowest BCUT2D eigenvalue weighted by atomic mass is 10.1. The van der Waals surface area contributed by atoms with Crippen LogP contribution in [0.4, 0.5) is 0 Å². The van der Waals surface area contributed by atoms with Gasteiger partial charge >= 0.3 is 0 Å². The molecule has 0 heterocycles.